The van der Waals surface area contributed by atoms with E-state index in [-0.39, 0.29) is 6.61 Å². The van der Waals surface area contributed by atoms with Crippen molar-refractivity contribution in [1.82, 2.24) is 9.78 Å². The fraction of sp³-hybridized carbons (Fsp3) is 0.308. The summed E-state index contributed by atoms with van der Waals surface area (Å²) < 4.78 is 7.40. The van der Waals surface area contributed by atoms with Crippen LogP contribution in [0.4, 0.5) is 0 Å². The summed E-state index contributed by atoms with van der Waals surface area (Å²) in [5.41, 5.74) is 1.90. The predicted molar refractivity (Wildman–Crippen MR) is 69.8 cm³/mol. The molecule has 2 aromatic rings. The molecule has 0 unspecified atom stereocenters. The van der Waals surface area contributed by atoms with E-state index >= 15 is 0 Å². The minimum absolute atomic E-state index is 0.0213. The lowest BCUT2D eigenvalue weighted by Gasteiger charge is -2.09. The first-order valence-electron chi connectivity index (χ1n) is 5.70. The third kappa shape index (κ3) is 3.24. The molecule has 4 nitrogen and oxygen atoms in total. The highest BCUT2D eigenvalue weighted by molar-refractivity contribution is 6.32. The van der Waals surface area contributed by atoms with Crippen molar-refractivity contribution in [2.24, 2.45) is 0 Å². The molecule has 18 heavy (non-hydrogen) atoms. The van der Waals surface area contributed by atoms with Crippen LogP contribution in [0, 0.1) is 6.92 Å². The van der Waals surface area contributed by atoms with Crippen molar-refractivity contribution in [2.75, 3.05) is 6.61 Å². The van der Waals surface area contributed by atoms with E-state index in [9.17, 15) is 0 Å². The minimum Gasteiger partial charge on any atom is -0.490 e. The monoisotopic (exact) mass is 266 g/mol. The lowest BCUT2D eigenvalue weighted by molar-refractivity contribution is 0.280. The number of halogens is 1. The van der Waals surface area contributed by atoms with Crippen LogP contribution in [-0.2, 0) is 13.2 Å². The second-order valence-corrected chi connectivity index (χ2v) is 4.46. The van der Waals surface area contributed by atoms with Gasteiger partial charge in [0.15, 0.2) is 0 Å². The van der Waals surface area contributed by atoms with Crippen molar-refractivity contribution < 1.29 is 9.84 Å². The van der Waals surface area contributed by atoms with Gasteiger partial charge in [-0.3, -0.25) is 4.68 Å². The van der Waals surface area contributed by atoms with E-state index in [4.69, 9.17) is 21.4 Å². The van der Waals surface area contributed by atoms with Crippen LogP contribution >= 0.6 is 11.6 Å². The van der Waals surface area contributed by atoms with Crippen molar-refractivity contribution in [3.8, 4) is 5.75 Å². The number of nitrogens with zero attached hydrogens (tertiary/aromatic N) is 2. The molecule has 0 atom stereocenters. The number of hydrogen-bond donors (Lipinski definition) is 1. The molecule has 1 heterocycles. The van der Waals surface area contributed by atoms with Crippen LogP contribution in [0.15, 0.2) is 30.6 Å². The number of hydrogen-bond acceptors (Lipinski definition) is 3. The van der Waals surface area contributed by atoms with Gasteiger partial charge in [0.1, 0.15) is 12.4 Å². The van der Waals surface area contributed by atoms with E-state index in [0.717, 1.165) is 11.1 Å². The van der Waals surface area contributed by atoms with E-state index in [1.807, 2.05) is 24.0 Å². The number of ether oxygens (including phenoxy) is 1. The van der Waals surface area contributed by atoms with Gasteiger partial charge in [0.2, 0.25) is 0 Å². The topological polar surface area (TPSA) is 47.3 Å². The molecule has 0 radical (unpaired) electrons. The van der Waals surface area contributed by atoms with Crippen molar-refractivity contribution in [3.05, 3.63) is 46.7 Å². The number of aryl methyl sites for hydroxylation is 1. The van der Waals surface area contributed by atoms with Crippen LogP contribution in [0.25, 0.3) is 0 Å². The molecule has 0 saturated heterocycles. The number of aromatic nitrogens is 2. The molecule has 0 aliphatic rings. The van der Waals surface area contributed by atoms with E-state index in [0.29, 0.717) is 23.9 Å². The zero-order chi connectivity index (χ0) is 13.0. The Morgan fingerprint density at radius 1 is 1.44 bits per heavy atom. The van der Waals surface area contributed by atoms with Crippen molar-refractivity contribution in [2.45, 2.75) is 20.1 Å². The molecule has 0 aliphatic heterocycles. The standard InChI is InChI=1S/C13H15ClN2O2/c1-10-7-15-16(8-10)4-5-18-13-3-2-11(9-17)6-12(13)14/h2-3,6-8,17H,4-5,9H2,1H3. The van der Waals surface area contributed by atoms with Crippen LogP contribution in [-0.4, -0.2) is 21.5 Å². The fourth-order valence-electron chi connectivity index (χ4n) is 1.60. The van der Waals surface area contributed by atoms with Crippen molar-refractivity contribution >= 4 is 11.6 Å². The highest BCUT2D eigenvalue weighted by Gasteiger charge is 2.03. The van der Waals surface area contributed by atoms with Crippen LogP contribution in [0.2, 0.25) is 5.02 Å². The summed E-state index contributed by atoms with van der Waals surface area (Å²) in [5, 5.41) is 13.6. The maximum atomic E-state index is 8.97. The second-order valence-electron chi connectivity index (χ2n) is 4.05. The first-order chi connectivity index (χ1) is 8.69. The molecule has 0 amide bonds. The van der Waals surface area contributed by atoms with E-state index in [1.165, 1.54) is 0 Å². The van der Waals surface area contributed by atoms with Crippen molar-refractivity contribution in [3.63, 3.8) is 0 Å². The average molecular weight is 267 g/mol. The van der Waals surface area contributed by atoms with Crippen molar-refractivity contribution in [1.29, 1.82) is 0 Å². The maximum Gasteiger partial charge on any atom is 0.138 e. The molecule has 0 saturated carbocycles. The van der Waals surface area contributed by atoms with Gasteiger partial charge in [-0.2, -0.15) is 5.10 Å². The highest BCUT2D eigenvalue weighted by Crippen LogP contribution is 2.25. The summed E-state index contributed by atoms with van der Waals surface area (Å²) >= 11 is 6.04. The Bertz CT molecular complexity index is 525. The lowest BCUT2D eigenvalue weighted by Crippen LogP contribution is -2.08. The Kier molecular flexibility index (Phi) is 4.23. The van der Waals surface area contributed by atoms with Gasteiger partial charge in [-0.15, -0.1) is 0 Å². The maximum absolute atomic E-state index is 8.97. The first-order valence-corrected chi connectivity index (χ1v) is 6.08. The van der Waals surface area contributed by atoms with Gasteiger partial charge in [0.25, 0.3) is 0 Å². The second kappa shape index (κ2) is 5.89. The van der Waals surface area contributed by atoms with E-state index in [2.05, 4.69) is 5.10 Å². The minimum atomic E-state index is -0.0213. The van der Waals surface area contributed by atoms with Gasteiger partial charge in [-0.1, -0.05) is 17.7 Å². The number of benzene rings is 1. The Balaban J connectivity index is 1.90. The fourth-order valence-corrected chi connectivity index (χ4v) is 1.86. The van der Waals surface area contributed by atoms with Crippen LogP contribution < -0.4 is 4.74 Å². The van der Waals surface area contributed by atoms with Gasteiger partial charge in [-0.25, -0.2) is 0 Å². The van der Waals surface area contributed by atoms with E-state index < -0.39 is 0 Å². The van der Waals surface area contributed by atoms with Crippen LogP contribution in [0.1, 0.15) is 11.1 Å². The summed E-state index contributed by atoms with van der Waals surface area (Å²) in [4.78, 5) is 0. The summed E-state index contributed by atoms with van der Waals surface area (Å²) in [5.74, 6) is 0.623. The van der Waals surface area contributed by atoms with Gasteiger partial charge in [0, 0.05) is 6.20 Å². The summed E-state index contributed by atoms with van der Waals surface area (Å²) in [7, 11) is 0. The third-order valence-corrected chi connectivity index (χ3v) is 2.81. The summed E-state index contributed by atoms with van der Waals surface area (Å²) in [6.45, 7) is 3.15. The summed E-state index contributed by atoms with van der Waals surface area (Å²) in [6, 6.07) is 5.26. The zero-order valence-electron chi connectivity index (χ0n) is 10.1. The third-order valence-electron chi connectivity index (χ3n) is 2.52. The Hall–Kier alpha value is -1.52. The molecule has 1 aromatic heterocycles. The van der Waals surface area contributed by atoms with Crippen LogP contribution in [0.5, 0.6) is 5.75 Å². The molecular formula is C13H15ClN2O2. The molecule has 2 rings (SSSR count). The quantitative estimate of drug-likeness (QED) is 0.904. The van der Waals surface area contributed by atoms with Gasteiger partial charge in [-0.05, 0) is 30.2 Å². The molecule has 1 aromatic carbocycles. The lowest BCUT2D eigenvalue weighted by atomic mass is 10.2. The molecule has 5 heteroatoms. The Morgan fingerprint density at radius 3 is 2.89 bits per heavy atom. The Labute approximate surface area is 111 Å². The molecule has 0 fully saturated rings. The molecule has 0 aliphatic carbocycles. The van der Waals surface area contributed by atoms with Gasteiger partial charge >= 0.3 is 0 Å². The highest BCUT2D eigenvalue weighted by atomic mass is 35.5. The number of rotatable bonds is 5. The first kappa shape index (κ1) is 12.9. The largest absolute Gasteiger partial charge is 0.490 e. The van der Waals surface area contributed by atoms with Crippen LogP contribution in [0.3, 0.4) is 0 Å². The molecular weight excluding hydrogens is 252 g/mol. The smallest absolute Gasteiger partial charge is 0.138 e. The molecule has 96 valence electrons. The predicted octanol–water partition coefficient (Wildman–Crippen LogP) is 2.42. The normalized spacial score (nSPS) is 10.6. The number of aliphatic hydroxyl groups is 1. The van der Waals surface area contributed by atoms with Gasteiger partial charge < -0.3 is 9.84 Å². The SMILES string of the molecule is Cc1cnn(CCOc2ccc(CO)cc2Cl)c1. The summed E-state index contributed by atoms with van der Waals surface area (Å²) in [6.07, 6.45) is 3.77. The number of aliphatic hydroxyl groups excluding tert-OH is 1. The zero-order valence-corrected chi connectivity index (χ0v) is 10.9. The average Bonchev–Trinajstić information content (AvgIpc) is 2.77. The molecule has 0 spiro atoms. The molecule has 1 N–H and O–H groups in total. The van der Waals surface area contributed by atoms with Gasteiger partial charge in [0.05, 0.1) is 24.4 Å². The van der Waals surface area contributed by atoms with E-state index in [1.54, 1.807) is 18.2 Å². The molecule has 0 bridgehead atoms. The Morgan fingerprint density at radius 2 is 2.28 bits per heavy atom.